The molecular weight excluding hydrogens is 491 g/mol. The molecule has 8 heteroatoms. The Kier molecular flexibility index (Phi) is 6.34. The van der Waals surface area contributed by atoms with E-state index in [-0.39, 0.29) is 5.91 Å². The van der Waals surface area contributed by atoms with Crippen LogP contribution in [0.25, 0.3) is 22.3 Å². The summed E-state index contributed by atoms with van der Waals surface area (Å²) < 4.78 is 0. The Morgan fingerprint density at radius 2 is 1.62 bits per heavy atom. The Labute approximate surface area is 212 Å². The van der Waals surface area contributed by atoms with Gasteiger partial charge in [-0.1, -0.05) is 46.9 Å². The molecule has 0 aliphatic carbocycles. The first-order valence-corrected chi connectivity index (χ1v) is 12.1. The summed E-state index contributed by atoms with van der Waals surface area (Å²) in [6.07, 6.45) is 1.72. The maximum absolute atomic E-state index is 13.7. The van der Waals surface area contributed by atoms with Gasteiger partial charge in [0.05, 0.1) is 32.5 Å². The lowest BCUT2D eigenvalue weighted by Gasteiger charge is -2.36. The number of aromatic nitrogens is 2. The fourth-order valence-corrected chi connectivity index (χ4v) is 4.69. The number of rotatable bonds is 3. The van der Waals surface area contributed by atoms with Crippen LogP contribution < -0.4 is 4.90 Å². The average molecular weight is 512 g/mol. The van der Waals surface area contributed by atoms with E-state index in [9.17, 15) is 4.79 Å². The minimum absolute atomic E-state index is 0.0277. The normalized spacial score (nSPS) is 14.0. The monoisotopic (exact) mass is 510 g/mol. The van der Waals surface area contributed by atoms with E-state index >= 15 is 0 Å². The topological polar surface area (TPSA) is 49.3 Å². The number of hydrogen-bond acceptors (Lipinski definition) is 4. The summed E-state index contributed by atoms with van der Waals surface area (Å²) in [6, 6.07) is 16.8. The third-order valence-electron chi connectivity index (χ3n) is 6.16. The Bertz CT molecular complexity index is 1390. The van der Waals surface area contributed by atoms with E-state index in [4.69, 9.17) is 39.8 Å². The zero-order chi connectivity index (χ0) is 23.8. The second-order valence-corrected chi connectivity index (χ2v) is 9.44. The Morgan fingerprint density at radius 1 is 0.853 bits per heavy atom. The van der Waals surface area contributed by atoms with Crippen LogP contribution in [0.5, 0.6) is 0 Å². The molecule has 172 valence electrons. The molecule has 1 fully saturated rings. The molecule has 1 aliphatic heterocycles. The molecule has 0 atom stereocenters. The van der Waals surface area contributed by atoms with Crippen molar-refractivity contribution in [3.05, 3.63) is 87.0 Å². The standard InChI is InChI=1S/C26H21Cl3N4O/c1-16-20(27)8-6-18-19(15-24(31-25(16)18)23-4-2-3-9-30-23)26(34)33-12-10-32(11-13-33)17-5-7-21(28)22(29)14-17/h2-9,14-15H,10-13H2,1H3. The quantitative estimate of drug-likeness (QED) is 0.314. The molecule has 1 aliphatic rings. The van der Waals surface area contributed by atoms with Crippen LogP contribution in [-0.4, -0.2) is 47.0 Å². The van der Waals surface area contributed by atoms with Crippen molar-refractivity contribution in [1.29, 1.82) is 0 Å². The smallest absolute Gasteiger partial charge is 0.254 e. The van der Waals surface area contributed by atoms with Crippen molar-refractivity contribution in [3.63, 3.8) is 0 Å². The Balaban J connectivity index is 1.47. The van der Waals surface area contributed by atoms with Crippen LogP contribution in [-0.2, 0) is 0 Å². The molecule has 3 heterocycles. The SMILES string of the molecule is Cc1c(Cl)ccc2c(C(=O)N3CCN(c4ccc(Cl)c(Cl)c4)CC3)cc(-c3ccccn3)nc12. The summed E-state index contributed by atoms with van der Waals surface area (Å²) in [5.41, 5.74) is 4.52. The van der Waals surface area contributed by atoms with Crippen LogP contribution in [0.4, 0.5) is 5.69 Å². The number of pyridine rings is 2. The van der Waals surface area contributed by atoms with Crippen molar-refractivity contribution in [3.8, 4) is 11.4 Å². The first-order chi connectivity index (χ1) is 16.4. The van der Waals surface area contributed by atoms with Gasteiger partial charge in [-0.3, -0.25) is 9.78 Å². The maximum atomic E-state index is 13.7. The van der Waals surface area contributed by atoms with Gasteiger partial charge in [-0.05, 0) is 55.0 Å². The lowest BCUT2D eigenvalue weighted by molar-refractivity contribution is 0.0748. The lowest BCUT2D eigenvalue weighted by Crippen LogP contribution is -2.48. The van der Waals surface area contributed by atoms with Crippen molar-refractivity contribution in [1.82, 2.24) is 14.9 Å². The average Bonchev–Trinajstić information content (AvgIpc) is 2.87. The number of aryl methyl sites for hydroxylation is 1. The van der Waals surface area contributed by atoms with E-state index < -0.39 is 0 Å². The summed E-state index contributed by atoms with van der Waals surface area (Å²) in [5, 5.41) is 2.46. The number of carbonyl (C=O) groups excluding carboxylic acids is 1. The minimum atomic E-state index is -0.0277. The minimum Gasteiger partial charge on any atom is -0.368 e. The maximum Gasteiger partial charge on any atom is 0.254 e. The van der Waals surface area contributed by atoms with Gasteiger partial charge in [0.15, 0.2) is 0 Å². The van der Waals surface area contributed by atoms with Crippen molar-refractivity contribution in [2.45, 2.75) is 6.92 Å². The number of hydrogen-bond donors (Lipinski definition) is 0. The van der Waals surface area contributed by atoms with Gasteiger partial charge in [-0.25, -0.2) is 4.98 Å². The predicted molar refractivity (Wildman–Crippen MR) is 139 cm³/mol. The summed E-state index contributed by atoms with van der Waals surface area (Å²) in [7, 11) is 0. The Morgan fingerprint density at radius 3 is 2.32 bits per heavy atom. The fourth-order valence-electron chi connectivity index (χ4n) is 4.25. The van der Waals surface area contributed by atoms with E-state index in [1.54, 1.807) is 12.3 Å². The summed E-state index contributed by atoms with van der Waals surface area (Å²) >= 11 is 18.6. The second-order valence-electron chi connectivity index (χ2n) is 8.22. The van der Waals surface area contributed by atoms with Gasteiger partial charge < -0.3 is 9.80 Å². The third kappa shape index (κ3) is 4.31. The van der Waals surface area contributed by atoms with Gasteiger partial charge in [0, 0.05) is 48.5 Å². The molecule has 0 N–H and O–H groups in total. The fraction of sp³-hybridized carbons (Fsp3) is 0.192. The molecule has 0 spiro atoms. The first kappa shape index (κ1) is 22.9. The molecule has 0 unspecified atom stereocenters. The number of halogens is 3. The van der Waals surface area contributed by atoms with Crippen LogP contribution in [0, 0.1) is 6.92 Å². The molecule has 4 aromatic rings. The molecule has 34 heavy (non-hydrogen) atoms. The van der Waals surface area contributed by atoms with Gasteiger partial charge in [-0.15, -0.1) is 0 Å². The van der Waals surface area contributed by atoms with Crippen LogP contribution in [0.15, 0.2) is 60.8 Å². The van der Waals surface area contributed by atoms with E-state index in [1.807, 2.05) is 60.4 Å². The number of benzene rings is 2. The molecule has 0 saturated carbocycles. The molecule has 5 nitrogen and oxygen atoms in total. The Hall–Kier alpha value is -2.86. The van der Waals surface area contributed by atoms with E-state index in [1.165, 1.54) is 0 Å². The highest BCUT2D eigenvalue weighted by molar-refractivity contribution is 6.42. The molecular formula is C26H21Cl3N4O. The van der Waals surface area contributed by atoms with Gasteiger partial charge in [-0.2, -0.15) is 0 Å². The molecule has 5 rings (SSSR count). The largest absolute Gasteiger partial charge is 0.368 e. The highest BCUT2D eigenvalue weighted by Crippen LogP contribution is 2.31. The zero-order valence-electron chi connectivity index (χ0n) is 18.4. The molecule has 2 aromatic heterocycles. The van der Waals surface area contributed by atoms with E-state index in [2.05, 4.69) is 9.88 Å². The van der Waals surface area contributed by atoms with Crippen molar-refractivity contribution in [2.24, 2.45) is 0 Å². The first-order valence-electron chi connectivity index (χ1n) is 10.9. The van der Waals surface area contributed by atoms with Gasteiger partial charge in [0.1, 0.15) is 0 Å². The second kappa shape index (κ2) is 9.41. The number of fused-ring (bicyclic) bond motifs is 1. The van der Waals surface area contributed by atoms with Crippen molar-refractivity contribution >= 4 is 57.3 Å². The summed E-state index contributed by atoms with van der Waals surface area (Å²) in [5.74, 6) is -0.0277. The number of anilines is 1. The summed E-state index contributed by atoms with van der Waals surface area (Å²) in [4.78, 5) is 27.1. The number of carbonyl (C=O) groups is 1. The zero-order valence-corrected chi connectivity index (χ0v) is 20.7. The number of amides is 1. The molecule has 1 saturated heterocycles. The highest BCUT2D eigenvalue weighted by Gasteiger charge is 2.25. The number of piperazine rings is 1. The van der Waals surface area contributed by atoms with Gasteiger partial charge >= 0.3 is 0 Å². The lowest BCUT2D eigenvalue weighted by atomic mass is 10.0. The van der Waals surface area contributed by atoms with Crippen molar-refractivity contribution in [2.75, 3.05) is 31.1 Å². The van der Waals surface area contributed by atoms with Crippen LogP contribution in [0.1, 0.15) is 15.9 Å². The van der Waals surface area contributed by atoms with Gasteiger partial charge in [0.25, 0.3) is 5.91 Å². The molecule has 0 bridgehead atoms. The van der Waals surface area contributed by atoms with E-state index in [0.717, 1.165) is 16.6 Å². The predicted octanol–water partition coefficient (Wildman–Crippen LogP) is 6.53. The number of nitrogens with zero attached hydrogens (tertiary/aromatic N) is 4. The highest BCUT2D eigenvalue weighted by atomic mass is 35.5. The molecule has 1 amide bonds. The van der Waals surface area contributed by atoms with Crippen LogP contribution >= 0.6 is 34.8 Å². The molecule has 0 radical (unpaired) electrons. The van der Waals surface area contributed by atoms with Crippen molar-refractivity contribution < 1.29 is 4.79 Å². The van der Waals surface area contributed by atoms with Crippen LogP contribution in [0.3, 0.4) is 0 Å². The third-order valence-corrected chi connectivity index (χ3v) is 7.31. The molecule has 2 aromatic carbocycles. The van der Waals surface area contributed by atoms with E-state index in [0.29, 0.717) is 63.7 Å². The van der Waals surface area contributed by atoms with Crippen LogP contribution in [0.2, 0.25) is 15.1 Å². The summed E-state index contributed by atoms with van der Waals surface area (Å²) in [6.45, 7) is 4.50. The van der Waals surface area contributed by atoms with Gasteiger partial charge in [0.2, 0.25) is 0 Å².